The van der Waals surface area contributed by atoms with Gasteiger partial charge in [-0.1, -0.05) is 30.3 Å². The van der Waals surface area contributed by atoms with E-state index in [1.807, 2.05) is 4.90 Å². The molecular weight excluding hydrogens is 322 g/mol. The fourth-order valence-corrected chi connectivity index (χ4v) is 4.18. The van der Waals surface area contributed by atoms with Crippen LogP contribution in [-0.2, 0) is 12.8 Å². The summed E-state index contributed by atoms with van der Waals surface area (Å²) in [6.07, 6.45) is 3.48. The van der Waals surface area contributed by atoms with Crippen LogP contribution < -0.4 is 0 Å². The van der Waals surface area contributed by atoms with Crippen LogP contribution in [0.4, 0.5) is 0 Å². The summed E-state index contributed by atoms with van der Waals surface area (Å²) in [6, 6.07) is 18.5. The van der Waals surface area contributed by atoms with Gasteiger partial charge in [0.2, 0.25) is 0 Å². The standard InChI is InChI=1S/C22H23N3O/c23-16-17-4-3-7-20(14-17)22(26)25-12-10-24(11-13-25)21-9-8-18-5-1-2-6-19(18)15-21/h1-7,14,21H,8-13,15H2. The first-order valence-corrected chi connectivity index (χ1v) is 9.35. The van der Waals surface area contributed by atoms with E-state index in [1.54, 1.807) is 24.3 Å². The summed E-state index contributed by atoms with van der Waals surface area (Å²) in [5, 5.41) is 9.02. The molecule has 0 radical (unpaired) electrons. The molecule has 1 saturated heterocycles. The Morgan fingerprint density at radius 3 is 2.54 bits per heavy atom. The SMILES string of the molecule is N#Cc1cccc(C(=O)N2CCN(C3CCc4ccccc4C3)CC2)c1. The number of hydrogen-bond donors (Lipinski definition) is 0. The average molecular weight is 345 g/mol. The molecule has 1 aliphatic heterocycles. The third-order valence-electron chi connectivity index (χ3n) is 5.68. The third-order valence-corrected chi connectivity index (χ3v) is 5.68. The number of benzene rings is 2. The maximum atomic E-state index is 12.7. The number of carbonyl (C=O) groups is 1. The molecule has 132 valence electrons. The quantitative estimate of drug-likeness (QED) is 0.841. The van der Waals surface area contributed by atoms with E-state index < -0.39 is 0 Å². The van der Waals surface area contributed by atoms with E-state index in [-0.39, 0.29) is 5.91 Å². The molecule has 4 nitrogen and oxygen atoms in total. The average Bonchev–Trinajstić information content (AvgIpc) is 2.73. The molecule has 4 rings (SSSR count). The minimum Gasteiger partial charge on any atom is -0.336 e. The second kappa shape index (κ2) is 7.31. The fraction of sp³-hybridized carbons (Fsp3) is 0.364. The topological polar surface area (TPSA) is 47.3 Å². The molecule has 4 heteroatoms. The van der Waals surface area contributed by atoms with E-state index in [4.69, 9.17) is 5.26 Å². The Morgan fingerprint density at radius 2 is 1.77 bits per heavy atom. The predicted molar refractivity (Wildman–Crippen MR) is 101 cm³/mol. The van der Waals surface area contributed by atoms with Gasteiger partial charge < -0.3 is 4.90 Å². The number of hydrogen-bond acceptors (Lipinski definition) is 3. The maximum Gasteiger partial charge on any atom is 0.253 e. The Labute approximate surface area is 154 Å². The predicted octanol–water partition coefficient (Wildman–Crippen LogP) is 2.87. The normalized spacial score (nSPS) is 20.3. The number of amides is 1. The molecule has 26 heavy (non-hydrogen) atoms. The van der Waals surface area contributed by atoms with Crippen LogP contribution in [0.5, 0.6) is 0 Å². The van der Waals surface area contributed by atoms with Crippen molar-refractivity contribution in [3.05, 3.63) is 70.8 Å². The first-order valence-electron chi connectivity index (χ1n) is 9.35. The number of fused-ring (bicyclic) bond motifs is 1. The Bertz CT molecular complexity index is 846. The zero-order valence-corrected chi connectivity index (χ0v) is 14.9. The van der Waals surface area contributed by atoms with E-state index in [0.29, 0.717) is 17.2 Å². The summed E-state index contributed by atoms with van der Waals surface area (Å²) < 4.78 is 0. The van der Waals surface area contributed by atoms with E-state index in [0.717, 1.165) is 39.0 Å². The van der Waals surface area contributed by atoms with Gasteiger partial charge in [0.25, 0.3) is 5.91 Å². The molecule has 0 N–H and O–H groups in total. The molecule has 2 aromatic rings. The van der Waals surface area contributed by atoms with Gasteiger partial charge in [-0.25, -0.2) is 0 Å². The van der Waals surface area contributed by atoms with Crippen LogP contribution in [-0.4, -0.2) is 47.9 Å². The van der Waals surface area contributed by atoms with Crippen LogP contribution in [0.3, 0.4) is 0 Å². The van der Waals surface area contributed by atoms with Crippen molar-refractivity contribution in [2.24, 2.45) is 0 Å². The second-order valence-corrected chi connectivity index (χ2v) is 7.19. The van der Waals surface area contributed by atoms with Crippen molar-refractivity contribution >= 4 is 5.91 Å². The second-order valence-electron chi connectivity index (χ2n) is 7.19. The maximum absolute atomic E-state index is 12.7. The molecule has 2 aromatic carbocycles. The van der Waals surface area contributed by atoms with Gasteiger partial charge in [-0.2, -0.15) is 5.26 Å². The molecule has 1 fully saturated rings. The van der Waals surface area contributed by atoms with Crippen molar-refractivity contribution in [1.29, 1.82) is 5.26 Å². The molecule has 1 aliphatic carbocycles. The zero-order valence-electron chi connectivity index (χ0n) is 14.9. The van der Waals surface area contributed by atoms with Gasteiger partial charge >= 0.3 is 0 Å². The van der Waals surface area contributed by atoms with Crippen LogP contribution in [0.2, 0.25) is 0 Å². The van der Waals surface area contributed by atoms with E-state index in [9.17, 15) is 4.79 Å². The molecule has 0 saturated carbocycles. The first kappa shape index (κ1) is 16.8. The molecule has 0 aromatic heterocycles. The minimum atomic E-state index is 0.0377. The smallest absolute Gasteiger partial charge is 0.253 e. The third kappa shape index (κ3) is 3.36. The van der Waals surface area contributed by atoms with Crippen LogP contribution in [0.1, 0.15) is 33.5 Å². The molecular formula is C22H23N3O. The number of piperazine rings is 1. The van der Waals surface area contributed by atoms with Gasteiger partial charge in [0.05, 0.1) is 11.6 Å². The molecule has 1 heterocycles. The monoisotopic (exact) mass is 345 g/mol. The van der Waals surface area contributed by atoms with E-state index >= 15 is 0 Å². The minimum absolute atomic E-state index is 0.0377. The molecule has 2 aliphatic rings. The van der Waals surface area contributed by atoms with Gasteiger partial charge in [0.15, 0.2) is 0 Å². The highest BCUT2D eigenvalue weighted by Gasteiger charge is 2.29. The van der Waals surface area contributed by atoms with Crippen molar-refractivity contribution in [3.8, 4) is 6.07 Å². The molecule has 1 amide bonds. The number of nitrogens with zero attached hydrogens (tertiary/aromatic N) is 3. The van der Waals surface area contributed by atoms with Gasteiger partial charge in [0.1, 0.15) is 0 Å². The van der Waals surface area contributed by atoms with Crippen LogP contribution in [0.25, 0.3) is 0 Å². The number of carbonyl (C=O) groups excluding carboxylic acids is 1. The lowest BCUT2D eigenvalue weighted by Gasteiger charge is -2.41. The van der Waals surface area contributed by atoms with E-state index in [2.05, 4.69) is 35.2 Å². The molecule has 1 unspecified atom stereocenters. The lowest BCUT2D eigenvalue weighted by Crippen LogP contribution is -2.53. The summed E-state index contributed by atoms with van der Waals surface area (Å²) in [5.41, 5.74) is 4.13. The lowest BCUT2D eigenvalue weighted by atomic mass is 9.87. The summed E-state index contributed by atoms with van der Waals surface area (Å²) in [6.45, 7) is 3.37. The Morgan fingerprint density at radius 1 is 1.00 bits per heavy atom. The fourth-order valence-electron chi connectivity index (χ4n) is 4.18. The van der Waals surface area contributed by atoms with Crippen LogP contribution in [0.15, 0.2) is 48.5 Å². The van der Waals surface area contributed by atoms with Gasteiger partial charge in [-0.05, 0) is 48.6 Å². The summed E-state index contributed by atoms with van der Waals surface area (Å²) in [7, 11) is 0. The van der Waals surface area contributed by atoms with Gasteiger partial charge in [-0.3, -0.25) is 9.69 Å². The highest BCUT2D eigenvalue weighted by molar-refractivity contribution is 5.94. The Balaban J connectivity index is 1.37. The van der Waals surface area contributed by atoms with Crippen LogP contribution >= 0.6 is 0 Å². The number of rotatable bonds is 2. The Kier molecular flexibility index (Phi) is 4.73. The summed E-state index contributed by atoms with van der Waals surface area (Å²) in [5.74, 6) is 0.0377. The number of nitriles is 1. The van der Waals surface area contributed by atoms with Crippen molar-refractivity contribution in [3.63, 3.8) is 0 Å². The van der Waals surface area contributed by atoms with Gasteiger partial charge in [-0.15, -0.1) is 0 Å². The van der Waals surface area contributed by atoms with E-state index in [1.165, 1.54) is 17.5 Å². The molecule has 1 atom stereocenters. The van der Waals surface area contributed by atoms with Crippen molar-refractivity contribution in [2.75, 3.05) is 26.2 Å². The number of aryl methyl sites for hydroxylation is 1. The van der Waals surface area contributed by atoms with Crippen molar-refractivity contribution < 1.29 is 4.79 Å². The largest absolute Gasteiger partial charge is 0.336 e. The van der Waals surface area contributed by atoms with Gasteiger partial charge in [0, 0.05) is 37.8 Å². The highest BCUT2D eigenvalue weighted by Crippen LogP contribution is 2.25. The molecule has 0 spiro atoms. The highest BCUT2D eigenvalue weighted by atomic mass is 16.2. The zero-order chi connectivity index (χ0) is 17.9. The molecule has 0 bridgehead atoms. The first-order chi connectivity index (χ1) is 12.7. The van der Waals surface area contributed by atoms with Crippen molar-refractivity contribution in [1.82, 2.24) is 9.80 Å². The van der Waals surface area contributed by atoms with Crippen LogP contribution in [0, 0.1) is 11.3 Å². The lowest BCUT2D eigenvalue weighted by molar-refractivity contribution is 0.0553. The van der Waals surface area contributed by atoms with Crippen molar-refractivity contribution in [2.45, 2.75) is 25.3 Å². The summed E-state index contributed by atoms with van der Waals surface area (Å²) in [4.78, 5) is 17.2. The Hall–Kier alpha value is -2.64. The summed E-state index contributed by atoms with van der Waals surface area (Å²) >= 11 is 0.